The third-order valence-corrected chi connectivity index (χ3v) is 4.06. The fourth-order valence-corrected chi connectivity index (χ4v) is 2.84. The minimum Gasteiger partial charge on any atom is -0.444 e. The highest BCUT2D eigenvalue weighted by molar-refractivity contribution is 6.01. The number of nitrogens with one attached hydrogen (secondary N) is 2. The van der Waals surface area contributed by atoms with Gasteiger partial charge in [0.25, 0.3) is 0 Å². The molecular weight excluding hydrogens is 342 g/mol. The molecule has 2 atom stereocenters. The first-order valence-corrected chi connectivity index (χ1v) is 8.89. The van der Waals surface area contributed by atoms with Crippen LogP contribution in [0.15, 0.2) is 0 Å². The van der Waals surface area contributed by atoms with Gasteiger partial charge in [-0.25, -0.2) is 4.79 Å². The Bertz CT molecular complexity index is 555. The molecule has 0 aromatic carbocycles. The van der Waals surface area contributed by atoms with Crippen LogP contribution in [0.5, 0.6) is 0 Å². The van der Waals surface area contributed by atoms with E-state index in [4.69, 9.17) is 9.47 Å². The fraction of sp³-hybridized carbons (Fsp3) is 0.765. The molecule has 0 aliphatic carbocycles. The van der Waals surface area contributed by atoms with Crippen molar-refractivity contribution in [1.82, 2.24) is 15.5 Å². The zero-order chi connectivity index (χ0) is 19.3. The largest absolute Gasteiger partial charge is 0.444 e. The molecule has 146 valence electrons. The lowest BCUT2D eigenvalue weighted by atomic mass is 10.2. The topological polar surface area (TPSA) is 114 Å². The van der Waals surface area contributed by atoms with E-state index in [0.29, 0.717) is 12.8 Å². The highest BCUT2D eigenvalue weighted by Crippen LogP contribution is 2.19. The Labute approximate surface area is 152 Å². The Morgan fingerprint density at radius 2 is 1.81 bits per heavy atom. The maximum atomic E-state index is 12.1. The average molecular weight is 369 g/mol. The van der Waals surface area contributed by atoms with E-state index in [0.717, 1.165) is 0 Å². The Morgan fingerprint density at radius 3 is 2.42 bits per heavy atom. The van der Waals surface area contributed by atoms with Crippen LogP contribution in [0.2, 0.25) is 0 Å². The number of amides is 4. The van der Waals surface area contributed by atoms with Crippen LogP contribution in [-0.4, -0.2) is 66.2 Å². The van der Waals surface area contributed by atoms with Gasteiger partial charge in [0.15, 0.2) is 0 Å². The molecule has 0 saturated carbocycles. The number of likely N-dealkylation sites (tertiary alicyclic amines) is 1. The molecule has 0 bridgehead atoms. The number of ether oxygens (including phenoxy) is 2. The minimum atomic E-state index is -0.592. The first-order chi connectivity index (χ1) is 12.2. The molecule has 2 unspecified atom stereocenters. The second-order valence-corrected chi connectivity index (χ2v) is 7.44. The molecule has 9 heteroatoms. The van der Waals surface area contributed by atoms with E-state index < -0.39 is 17.8 Å². The van der Waals surface area contributed by atoms with Crippen molar-refractivity contribution < 1.29 is 28.7 Å². The van der Waals surface area contributed by atoms with E-state index in [9.17, 15) is 19.2 Å². The van der Waals surface area contributed by atoms with E-state index in [-0.39, 0.29) is 56.3 Å². The smallest absolute Gasteiger partial charge is 0.407 e. The summed E-state index contributed by atoms with van der Waals surface area (Å²) in [5.74, 6) is -0.673. The monoisotopic (exact) mass is 369 g/mol. The van der Waals surface area contributed by atoms with Gasteiger partial charge in [-0.3, -0.25) is 19.3 Å². The molecule has 2 saturated heterocycles. The zero-order valence-corrected chi connectivity index (χ0v) is 15.5. The van der Waals surface area contributed by atoms with Gasteiger partial charge in [0.2, 0.25) is 17.7 Å². The van der Waals surface area contributed by atoms with Gasteiger partial charge in [0.05, 0.1) is 6.10 Å². The molecule has 2 heterocycles. The summed E-state index contributed by atoms with van der Waals surface area (Å²) < 4.78 is 10.8. The average Bonchev–Trinajstić information content (AvgIpc) is 3.13. The molecule has 2 fully saturated rings. The number of carbonyl (C=O) groups is 4. The van der Waals surface area contributed by atoms with E-state index in [1.807, 2.05) is 0 Å². The maximum absolute atomic E-state index is 12.1. The Kier molecular flexibility index (Phi) is 6.57. The van der Waals surface area contributed by atoms with Crippen LogP contribution in [0.4, 0.5) is 4.79 Å². The summed E-state index contributed by atoms with van der Waals surface area (Å²) in [7, 11) is 0. The predicted octanol–water partition coefficient (Wildman–Crippen LogP) is 0.324. The van der Waals surface area contributed by atoms with Crippen LogP contribution < -0.4 is 10.6 Å². The second-order valence-electron chi connectivity index (χ2n) is 7.44. The quantitative estimate of drug-likeness (QED) is 0.652. The number of nitrogens with zero attached hydrogens (tertiary/aromatic N) is 1. The number of hydrogen-bond acceptors (Lipinski definition) is 6. The number of imide groups is 1. The van der Waals surface area contributed by atoms with Crippen LogP contribution in [0, 0.1) is 0 Å². The highest BCUT2D eigenvalue weighted by atomic mass is 16.6. The van der Waals surface area contributed by atoms with Gasteiger partial charge in [-0.15, -0.1) is 0 Å². The summed E-state index contributed by atoms with van der Waals surface area (Å²) in [4.78, 5) is 47.9. The Balaban J connectivity index is 1.64. The first kappa shape index (κ1) is 20.2. The van der Waals surface area contributed by atoms with Crippen molar-refractivity contribution in [2.24, 2.45) is 0 Å². The van der Waals surface area contributed by atoms with Gasteiger partial charge < -0.3 is 20.1 Å². The van der Waals surface area contributed by atoms with Crippen LogP contribution in [0.25, 0.3) is 0 Å². The SMILES string of the molecule is CC(C)(C)OC(=O)NCC1CCC(C(=O)NCCN2C(=O)CCC2=O)O1. The van der Waals surface area contributed by atoms with Gasteiger partial charge in [-0.05, 0) is 33.6 Å². The van der Waals surface area contributed by atoms with E-state index in [1.165, 1.54) is 4.90 Å². The summed E-state index contributed by atoms with van der Waals surface area (Å²) in [5, 5.41) is 5.32. The van der Waals surface area contributed by atoms with Crippen molar-refractivity contribution in [3.63, 3.8) is 0 Å². The van der Waals surface area contributed by atoms with E-state index in [1.54, 1.807) is 20.8 Å². The van der Waals surface area contributed by atoms with Gasteiger partial charge in [-0.1, -0.05) is 0 Å². The van der Waals surface area contributed by atoms with Gasteiger partial charge in [0.1, 0.15) is 11.7 Å². The molecule has 2 N–H and O–H groups in total. The summed E-state index contributed by atoms with van der Waals surface area (Å²) >= 11 is 0. The molecule has 26 heavy (non-hydrogen) atoms. The third-order valence-electron chi connectivity index (χ3n) is 4.06. The van der Waals surface area contributed by atoms with Crippen molar-refractivity contribution >= 4 is 23.8 Å². The predicted molar refractivity (Wildman–Crippen MR) is 91.1 cm³/mol. The molecule has 0 spiro atoms. The normalized spacial score (nSPS) is 23.3. The summed E-state index contributed by atoms with van der Waals surface area (Å²) in [6.45, 7) is 6.00. The molecule has 0 radical (unpaired) electrons. The molecule has 9 nitrogen and oxygen atoms in total. The van der Waals surface area contributed by atoms with Crippen molar-refractivity contribution in [3.8, 4) is 0 Å². The number of alkyl carbamates (subject to hydrolysis) is 1. The lowest BCUT2D eigenvalue weighted by Crippen LogP contribution is -2.42. The zero-order valence-electron chi connectivity index (χ0n) is 15.5. The van der Waals surface area contributed by atoms with Crippen LogP contribution in [-0.2, 0) is 23.9 Å². The number of carbonyl (C=O) groups excluding carboxylic acids is 4. The maximum Gasteiger partial charge on any atom is 0.407 e. The lowest BCUT2D eigenvalue weighted by Gasteiger charge is -2.21. The van der Waals surface area contributed by atoms with Crippen molar-refractivity contribution in [1.29, 1.82) is 0 Å². The second kappa shape index (κ2) is 8.48. The standard InChI is InChI=1S/C17H27N3O6/c1-17(2,3)26-16(24)19-10-11-4-5-12(25-11)15(23)18-8-9-20-13(21)6-7-14(20)22/h11-12H,4-10H2,1-3H3,(H,18,23)(H,19,24). The molecule has 2 aliphatic heterocycles. The Morgan fingerprint density at radius 1 is 1.15 bits per heavy atom. The molecular formula is C17H27N3O6. The molecule has 0 aromatic rings. The lowest BCUT2D eigenvalue weighted by molar-refractivity contribution is -0.139. The van der Waals surface area contributed by atoms with Crippen molar-refractivity contribution in [2.45, 2.75) is 64.3 Å². The van der Waals surface area contributed by atoms with E-state index >= 15 is 0 Å². The van der Waals surface area contributed by atoms with Crippen molar-refractivity contribution in [2.75, 3.05) is 19.6 Å². The van der Waals surface area contributed by atoms with Gasteiger partial charge in [-0.2, -0.15) is 0 Å². The summed E-state index contributed by atoms with van der Waals surface area (Å²) in [5.41, 5.74) is -0.568. The highest BCUT2D eigenvalue weighted by Gasteiger charge is 2.32. The summed E-state index contributed by atoms with van der Waals surface area (Å²) in [6, 6.07) is 0. The van der Waals surface area contributed by atoms with Crippen LogP contribution >= 0.6 is 0 Å². The fourth-order valence-electron chi connectivity index (χ4n) is 2.84. The molecule has 2 rings (SSSR count). The molecule has 2 aliphatic rings. The van der Waals surface area contributed by atoms with Crippen LogP contribution in [0.3, 0.4) is 0 Å². The molecule has 4 amide bonds. The molecule has 0 aromatic heterocycles. The van der Waals surface area contributed by atoms with Crippen molar-refractivity contribution in [3.05, 3.63) is 0 Å². The first-order valence-electron chi connectivity index (χ1n) is 8.89. The van der Waals surface area contributed by atoms with E-state index in [2.05, 4.69) is 10.6 Å². The minimum absolute atomic E-state index is 0.180. The summed E-state index contributed by atoms with van der Waals surface area (Å²) in [6.07, 6.45) is 0.320. The van der Waals surface area contributed by atoms with Crippen LogP contribution in [0.1, 0.15) is 46.5 Å². The third kappa shape index (κ3) is 5.98. The van der Waals surface area contributed by atoms with Gasteiger partial charge >= 0.3 is 6.09 Å². The Hall–Kier alpha value is -2.16. The number of hydrogen-bond donors (Lipinski definition) is 2. The van der Waals surface area contributed by atoms with Gasteiger partial charge in [0, 0.05) is 32.5 Å². The number of rotatable bonds is 6.